The zero-order valence-corrected chi connectivity index (χ0v) is 30.6. The van der Waals surface area contributed by atoms with Gasteiger partial charge in [0.05, 0.1) is 0 Å². The monoisotopic (exact) mass is 719 g/mol. The third kappa shape index (κ3) is 5.48. The Morgan fingerprint density at radius 1 is 0.345 bits per heavy atom. The van der Waals surface area contributed by atoms with E-state index in [9.17, 15) is 0 Å². The molecule has 2 heterocycles. The normalized spacial score (nSPS) is 11.6. The molecule has 0 saturated heterocycles. The Morgan fingerprint density at radius 2 is 0.982 bits per heavy atom. The molecule has 0 amide bonds. The molecule has 9 aromatic carbocycles. The Morgan fingerprint density at radius 3 is 1.82 bits per heavy atom. The lowest BCUT2D eigenvalue weighted by molar-refractivity contribution is 0.670. The number of benzene rings is 9. The maximum absolute atomic E-state index is 6.40. The highest BCUT2D eigenvalue weighted by Gasteiger charge is 2.17. The molecule has 0 aliphatic rings. The average Bonchev–Trinajstić information content (AvgIpc) is 3.82. The first-order valence-corrected chi connectivity index (χ1v) is 19.5. The summed E-state index contributed by atoms with van der Waals surface area (Å²) in [5.74, 6) is 0. The molecule has 0 atom stereocenters. The first kappa shape index (κ1) is 31.6. The second kappa shape index (κ2) is 12.9. The molecule has 0 aliphatic carbocycles. The van der Waals surface area contributed by atoms with Crippen LogP contribution in [0.2, 0.25) is 0 Å². The molecule has 11 rings (SSSR count). The van der Waals surface area contributed by atoms with Crippen molar-refractivity contribution >= 4 is 81.3 Å². The molecular weight excluding hydrogens is 687 g/mol. The molecule has 2 aromatic heterocycles. The van der Waals surface area contributed by atoms with Gasteiger partial charge in [0.2, 0.25) is 0 Å². The van der Waals surface area contributed by atoms with Crippen LogP contribution in [-0.4, -0.2) is 0 Å². The van der Waals surface area contributed by atoms with Gasteiger partial charge in [-0.3, -0.25) is 0 Å². The number of furan rings is 1. The van der Waals surface area contributed by atoms with Gasteiger partial charge in [0.25, 0.3) is 0 Å². The van der Waals surface area contributed by atoms with Crippen LogP contribution in [0.3, 0.4) is 0 Å². The van der Waals surface area contributed by atoms with Gasteiger partial charge in [-0.25, -0.2) is 0 Å². The van der Waals surface area contributed by atoms with Gasteiger partial charge in [-0.05, 0) is 105 Å². The van der Waals surface area contributed by atoms with E-state index in [4.69, 9.17) is 4.42 Å². The highest BCUT2D eigenvalue weighted by atomic mass is 32.1. The molecule has 0 N–H and O–H groups in total. The number of fused-ring (bicyclic) bond motifs is 7. The van der Waals surface area contributed by atoms with Gasteiger partial charge < -0.3 is 9.32 Å². The van der Waals surface area contributed by atoms with Gasteiger partial charge in [-0.2, -0.15) is 0 Å². The van der Waals surface area contributed by atoms with Crippen molar-refractivity contribution in [2.75, 3.05) is 4.90 Å². The molecule has 11 aromatic rings. The summed E-state index contributed by atoms with van der Waals surface area (Å²) in [4.78, 5) is 2.35. The lowest BCUT2D eigenvalue weighted by Crippen LogP contribution is -2.10. The predicted octanol–water partition coefficient (Wildman–Crippen LogP) is 15.6. The summed E-state index contributed by atoms with van der Waals surface area (Å²) in [6.45, 7) is 0. The number of thiophene rings is 1. The molecule has 0 unspecified atom stereocenters. The molecule has 0 saturated carbocycles. The molecule has 3 heteroatoms. The smallest absolute Gasteiger partial charge is 0.143 e. The molecule has 0 radical (unpaired) electrons. The van der Waals surface area contributed by atoms with E-state index in [1.165, 1.54) is 53.2 Å². The van der Waals surface area contributed by atoms with Crippen molar-refractivity contribution in [1.82, 2.24) is 0 Å². The quantitative estimate of drug-likeness (QED) is 0.170. The minimum absolute atomic E-state index is 0.909. The third-order valence-corrected chi connectivity index (χ3v) is 12.0. The third-order valence-electron chi connectivity index (χ3n) is 10.8. The lowest BCUT2D eigenvalue weighted by atomic mass is 9.99. The number of rotatable bonds is 6. The second-order valence-electron chi connectivity index (χ2n) is 14.1. The fourth-order valence-electron chi connectivity index (χ4n) is 8.12. The van der Waals surface area contributed by atoms with Crippen LogP contribution in [0.15, 0.2) is 205 Å². The van der Waals surface area contributed by atoms with Gasteiger partial charge in [0.15, 0.2) is 0 Å². The van der Waals surface area contributed by atoms with Gasteiger partial charge in [0.1, 0.15) is 11.2 Å². The molecule has 0 bridgehead atoms. The molecule has 0 fully saturated rings. The minimum atomic E-state index is 0.909. The summed E-state index contributed by atoms with van der Waals surface area (Å²) >= 11 is 1.87. The van der Waals surface area contributed by atoms with Crippen molar-refractivity contribution in [1.29, 1.82) is 0 Å². The molecule has 0 aliphatic heterocycles. The Bertz CT molecular complexity index is 3190. The zero-order valence-electron chi connectivity index (χ0n) is 29.8. The first-order chi connectivity index (χ1) is 27.2. The van der Waals surface area contributed by atoms with Crippen LogP contribution in [0.25, 0.3) is 86.3 Å². The number of para-hydroxylation sites is 2. The SMILES string of the molecule is c1ccc(-c2cccc(N(c3ccc(-c4ccc5cc6c(cc5c4)sc4ccccc46)cc3)c3ccc(-c4cccc5c4oc4ccccc45)cc3)c2)cc1. The van der Waals surface area contributed by atoms with Crippen LogP contribution in [0.1, 0.15) is 0 Å². The standard InChI is InChI=1S/C52H33NOS/c1-2-10-34(11-3-1)37-12-8-13-43(31-37)53(42-28-24-36(25-29-42)44-16-9-17-47-45-14-4-6-18-49(45)54-52(44)47)41-26-22-35(23-27-41)38-20-21-39-32-48-46-15-5-7-19-50(46)55-51(48)33-40(39)30-38/h1-33H. The maximum atomic E-state index is 6.40. The summed E-state index contributed by atoms with van der Waals surface area (Å²) in [5.41, 5.74) is 12.1. The van der Waals surface area contributed by atoms with E-state index >= 15 is 0 Å². The van der Waals surface area contributed by atoms with E-state index in [0.717, 1.165) is 50.1 Å². The Hall–Kier alpha value is -6.94. The van der Waals surface area contributed by atoms with Crippen LogP contribution in [0.5, 0.6) is 0 Å². The average molecular weight is 720 g/mol. The van der Waals surface area contributed by atoms with E-state index in [1.54, 1.807) is 0 Å². The summed E-state index contributed by atoms with van der Waals surface area (Å²) in [5, 5.41) is 7.47. The fourth-order valence-corrected chi connectivity index (χ4v) is 9.25. The highest BCUT2D eigenvalue weighted by Crippen LogP contribution is 2.41. The summed E-state index contributed by atoms with van der Waals surface area (Å²) in [6.07, 6.45) is 0. The zero-order chi connectivity index (χ0) is 36.3. The van der Waals surface area contributed by atoms with Crippen LogP contribution < -0.4 is 4.90 Å². The Kier molecular flexibility index (Phi) is 7.39. The van der Waals surface area contributed by atoms with Crippen molar-refractivity contribution in [3.8, 4) is 33.4 Å². The Balaban J connectivity index is 0.984. The number of hydrogen-bond donors (Lipinski definition) is 0. The van der Waals surface area contributed by atoms with Crippen LogP contribution in [0.4, 0.5) is 17.1 Å². The molecular formula is C52H33NOS. The van der Waals surface area contributed by atoms with E-state index in [-0.39, 0.29) is 0 Å². The van der Waals surface area contributed by atoms with Crippen LogP contribution in [0, 0.1) is 0 Å². The van der Waals surface area contributed by atoms with Crippen molar-refractivity contribution < 1.29 is 4.42 Å². The summed E-state index contributed by atoms with van der Waals surface area (Å²) in [6, 6.07) is 72.2. The fraction of sp³-hybridized carbons (Fsp3) is 0. The van der Waals surface area contributed by atoms with E-state index < -0.39 is 0 Å². The van der Waals surface area contributed by atoms with Gasteiger partial charge in [-0.15, -0.1) is 11.3 Å². The van der Waals surface area contributed by atoms with Crippen molar-refractivity contribution in [2.24, 2.45) is 0 Å². The Labute approximate surface area is 322 Å². The van der Waals surface area contributed by atoms with E-state index in [2.05, 4.69) is 193 Å². The van der Waals surface area contributed by atoms with Gasteiger partial charge >= 0.3 is 0 Å². The van der Waals surface area contributed by atoms with Crippen molar-refractivity contribution in [3.05, 3.63) is 200 Å². The maximum Gasteiger partial charge on any atom is 0.143 e. The topological polar surface area (TPSA) is 16.4 Å². The van der Waals surface area contributed by atoms with E-state index in [1.807, 2.05) is 23.5 Å². The highest BCUT2D eigenvalue weighted by molar-refractivity contribution is 7.25. The van der Waals surface area contributed by atoms with E-state index in [0.29, 0.717) is 0 Å². The van der Waals surface area contributed by atoms with Crippen molar-refractivity contribution in [3.63, 3.8) is 0 Å². The second-order valence-corrected chi connectivity index (χ2v) is 15.2. The largest absolute Gasteiger partial charge is 0.455 e. The molecule has 0 spiro atoms. The number of hydrogen-bond acceptors (Lipinski definition) is 3. The summed E-state index contributed by atoms with van der Waals surface area (Å²) in [7, 11) is 0. The minimum Gasteiger partial charge on any atom is -0.455 e. The van der Waals surface area contributed by atoms with Crippen molar-refractivity contribution in [2.45, 2.75) is 0 Å². The molecule has 258 valence electrons. The number of anilines is 3. The molecule has 55 heavy (non-hydrogen) atoms. The van der Waals surface area contributed by atoms with Gasteiger partial charge in [-0.1, -0.05) is 133 Å². The first-order valence-electron chi connectivity index (χ1n) is 18.7. The van der Waals surface area contributed by atoms with Gasteiger partial charge in [0, 0.05) is 53.6 Å². The molecule has 2 nitrogen and oxygen atoms in total. The van der Waals surface area contributed by atoms with Crippen LogP contribution in [-0.2, 0) is 0 Å². The van der Waals surface area contributed by atoms with Crippen LogP contribution >= 0.6 is 11.3 Å². The summed E-state index contributed by atoms with van der Waals surface area (Å²) < 4.78 is 9.06. The predicted molar refractivity (Wildman–Crippen MR) is 235 cm³/mol. The number of nitrogens with zero attached hydrogens (tertiary/aromatic N) is 1. The lowest BCUT2D eigenvalue weighted by Gasteiger charge is -2.26.